The number of imidazole rings is 1. The lowest BCUT2D eigenvalue weighted by Gasteiger charge is -2.25. The van der Waals surface area contributed by atoms with E-state index in [1.54, 1.807) is 40.2 Å². The van der Waals surface area contributed by atoms with Crippen molar-refractivity contribution in [3.8, 4) is 17.4 Å². The topological polar surface area (TPSA) is 73.4 Å². The Balaban J connectivity index is 1.62. The number of morpholine rings is 1. The molecular formula is C17H16N4O3. The molecule has 122 valence electrons. The van der Waals surface area contributed by atoms with Gasteiger partial charge in [-0.15, -0.1) is 0 Å². The van der Waals surface area contributed by atoms with Gasteiger partial charge in [-0.25, -0.2) is 4.98 Å². The van der Waals surface area contributed by atoms with Crippen molar-refractivity contribution >= 4 is 5.91 Å². The van der Waals surface area contributed by atoms with E-state index < -0.39 is 0 Å². The molecule has 24 heavy (non-hydrogen) atoms. The van der Waals surface area contributed by atoms with E-state index in [4.69, 9.17) is 9.15 Å². The van der Waals surface area contributed by atoms with E-state index in [1.165, 1.54) is 0 Å². The van der Waals surface area contributed by atoms with Crippen molar-refractivity contribution in [3.63, 3.8) is 0 Å². The molecule has 0 bridgehead atoms. The van der Waals surface area contributed by atoms with Gasteiger partial charge in [0, 0.05) is 37.7 Å². The van der Waals surface area contributed by atoms with Crippen LogP contribution in [0.1, 0.15) is 10.6 Å². The maximum absolute atomic E-state index is 12.5. The molecule has 0 aliphatic carbocycles. The lowest BCUT2D eigenvalue weighted by Crippen LogP contribution is -2.40. The number of carbonyl (C=O) groups is 1. The zero-order chi connectivity index (χ0) is 16.4. The monoisotopic (exact) mass is 324 g/mol. The Morgan fingerprint density at radius 2 is 1.92 bits per heavy atom. The third-order valence-electron chi connectivity index (χ3n) is 3.87. The van der Waals surface area contributed by atoms with Crippen molar-refractivity contribution in [2.75, 3.05) is 26.3 Å². The third-order valence-corrected chi connectivity index (χ3v) is 3.87. The summed E-state index contributed by atoms with van der Waals surface area (Å²) in [6.45, 7) is 2.29. The van der Waals surface area contributed by atoms with Gasteiger partial charge >= 0.3 is 0 Å². The van der Waals surface area contributed by atoms with Gasteiger partial charge in [-0.3, -0.25) is 14.3 Å². The van der Waals surface area contributed by atoms with Gasteiger partial charge in [-0.05, 0) is 18.2 Å². The number of amides is 1. The second kappa shape index (κ2) is 6.29. The van der Waals surface area contributed by atoms with E-state index in [9.17, 15) is 4.79 Å². The van der Waals surface area contributed by atoms with E-state index >= 15 is 0 Å². The fourth-order valence-electron chi connectivity index (χ4n) is 2.66. The average molecular weight is 324 g/mol. The fourth-order valence-corrected chi connectivity index (χ4v) is 2.66. The molecule has 3 aromatic rings. The smallest absolute Gasteiger partial charge is 0.289 e. The highest BCUT2D eigenvalue weighted by Crippen LogP contribution is 2.22. The number of nitrogens with zero attached hydrogens (tertiary/aromatic N) is 4. The first kappa shape index (κ1) is 14.6. The lowest BCUT2D eigenvalue weighted by molar-refractivity contribution is 0.0282. The quantitative estimate of drug-likeness (QED) is 0.737. The molecule has 1 saturated heterocycles. The van der Waals surface area contributed by atoms with Crippen LogP contribution >= 0.6 is 0 Å². The second-order valence-electron chi connectivity index (χ2n) is 5.38. The molecule has 1 amide bonds. The number of furan rings is 1. The van der Waals surface area contributed by atoms with Crippen LogP contribution in [0.5, 0.6) is 0 Å². The van der Waals surface area contributed by atoms with Gasteiger partial charge in [0.15, 0.2) is 11.6 Å². The standard InChI is InChI=1S/C17H16N4O3/c22-17(20-9-11-23-12-10-20)14-4-5-15(24-14)21-8-7-19-16(21)13-3-1-2-6-18-13/h1-8H,9-12H2. The first-order valence-corrected chi connectivity index (χ1v) is 7.75. The molecule has 0 saturated carbocycles. The summed E-state index contributed by atoms with van der Waals surface area (Å²) < 4.78 is 12.8. The number of hydrogen-bond donors (Lipinski definition) is 0. The van der Waals surface area contributed by atoms with Gasteiger partial charge in [0.05, 0.1) is 13.2 Å². The minimum absolute atomic E-state index is 0.121. The fraction of sp³-hybridized carbons (Fsp3) is 0.235. The highest BCUT2D eigenvalue weighted by atomic mass is 16.5. The third kappa shape index (κ3) is 2.69. The van der Waals surface area contributed by atoms with Crippen molar-refractivity contribution in [3.05, 3.63) is 54.7 Å². The molecule has 1 aliphatic heterocycles. The number of aromatic nitrogens is 3. The predicted octanol–water partition coefficient (Wildman–Crippen LogP) is 2.00. The molecule has 1 aliphatic rings. The summed E-state index contributed by atoms with van der Waals surface area (Å²) in [4.78, 5) is 22.9. The predicted molar refractivity (Wildman–Crippen MR) is 85.8 cm³/mol. The van der Waals surface area contributed by atoms with Gasteiger partial charge in [0.2, 0.25) is 5.88 Å². The molecule has 0 atom stereocenters. The van der Waals surface area contributed by atoms with E-state index in [1.807, 2.05) is 18.2 Å². The first-order chi connectivity index (χ1) is 11.8. The van der Waals surface area contributed by atoms with Crippen LogP contribution in [-0.2, 0) is 4.74 Å². The summed E-state index contributed by atoms with van der Waals surface area (Å²) in [5.74, 6) is 1.39. The zero-order valence-electron chi connectivity index (χ0n) is 13.0. The van der Waals surface area contributed by atoms with Crippen LogP contribution in [0.2, 0.25) is 0 Å². The first-order valence-electron chi connectivity index (χ1n) is 7.75. The average Bonchev–Trinajstić information content (AvgIpc) is 3.32. The molecule has 0 unspecified atom stereocenters. The van der Waals surface area contributed by atoms with Crippen LogP contribution in [0.3, 0.4) is 0 Å². The largest absolute Gasteiger partial charge is 0.435 e. The minimum atomic E-state index is -0.121. The summed E-state index contributed by atoms with van der Waals surface area (Å²) in [6.07, 6.45) is 5.17. The van der Waals surface area contributed by atoms with E-state index in [-0.39, 0.29) is 5.91 Å². The van der Waals surface area contributed by atoms with E-state index in [0.29, 0.717) is 43.8 Å². The van der Waals surface area contributed by atoms with Crippen LogP contribution in [0.25, 0.3) is 17.4 Å². The van der Waals surface area contributed by atoms with Crippen molar-refractivity contribution in [2.24, 2.45) is 0 Å². The lowest BCUT2D eigenvalue weighted by atomic mass is 10.3. The summed E-state index contributed by atoms with van der Waals surface area (Å²) in [6, 6.07) is 9.08. The highest BCUT2D eigenvalue weighted by Gasteiger charge is 2.22. The maximum atomic E-state index is 12.5. The summed E-state index contributed by atoms with van der Waals surface area (Å²) in [5, 5.41) is 0. The molecule has 4 heterocycles. The summed E-state index contributed by atoms with van der Waals surface area (Å²) in [7, 11) is 0. The van der Waals surface area contributed by atoms with Crippen molar-refractivity contribution in [2.45, 2.75) is 0 Å². The van der Waals surface area contributed by atoms with Crippen LogP contribution in [0.4, 0.5) is 0 Å². The SMILES string of the molecule is O=C(c1ccc(-n2ccnc2-c2ccccn2)o1)N1CCOCC1. The Morgan fingerprint density at radius 1 is 1.04 bits per heavy atom. The molecule has 0 N–H and O–H groups in total. The molecule has 0 radical (unpaired) electrons. The Hall–Kier alpha value is -2.93. The van der Waals surface area contributed by atoms with Crippen LogP contribution in [-0.4, -0.2) is 51.6 Å². The minimum Gasteiger partial charge on any atom is -0.435 e. The number of hydrogen-bond acceptors (Lipinski definition) is 5. The number of ether oxygens (including phenoxy) is 1. The second-order valence-corrected chi connectivity index (χ2v) is 5.38. The van der Waals surface area contributed by atoms with Crippen LogP contribution in [0.15, 0.2) is 53.3 Å². The normalized spacial score (nSPS) is 14.8. The maximum Gasteiger partial charge on any atom is 0.289 e. The van der Waals surface area contributed by atoms with Gasteiger partial charge in [0.25, 0.3) is 5.91 Å². The Bertz CT molecular complexity index is 834. The number of carbonyl (C=O) groups excluding carboxylic acids is 1. The molecule has 4 rings (SSSR count). The zero-order valence-corrected chi connectivity index (χ0v) is 13.0. The molecule has 3 aromatic heterocycles. The molecular weight excluding hydrogens is 308 g/mol. The van der Waals surface area contributed by atoms with Crippen LogP contribution in [0, 0.1) is 0 Å². The van der Waals surface area contributed by atoms with Crippen molar-refractivity contribution in [1.82, 2.24) is 19.4 Å². The van der Waals surface area contributed by atoms with Gasteiger partial charge < -0.3 is 14.1 Å². The molecule has 7 nitrogen and oxygen atoms in total. The summed E-state index contributed by atoms with van der Waals surface area (Å²) in [5.41, 5.74) is 0.736. The summed E-state index contributed by atoms with van der Waals surface area (Å²) >= 11 is 0. The molecule has 0 spiro atoms. The molecule has 0 aromatic carbocycles. The van der Waals surface area contributed by atoms with Gasteiger partial charge in [-0.1, -0.05) is 6.07 Å². The molecule has 7 heteroatoms. The van der Waals surface area contributed by atoms with E-state index in [0.717, 1.165) is 5.69 Å². The Morgan fingerprint density at radius 3 is 2.71 bits per heavy atom. The highest BCUT2D eigenvalue weighted by molar-refractivity contribution is 5.91. The van der Waals surface area contributed by atoms with E-state index in [2.05, 4.69) is 9.97 Å². The Kier molecular flexibility index (Phi) is 3.84. The van der Waals surface area contributed by atoms with Crippen LogP contribution < -0.4 is 0 Å². The number of rotatable bonds is 3. The van der Waals surface area contributed by atoms with Crippen molar-refractivity contribution in [1.29, 1.82) is 0 Å². The number of pyridine rings is 1. The molecule has 1 fully saturated rings. The van der Waals surface area contributed by atoms with Crippen molar-refractivity contribution < 1.29 is 13.9 Å². The Labute approximate surface area is 138 Å². The van der Waals surface area contributed by atoms with Gasteiger partial charge in [0.1, 0.15) is 5.69 Å². The van der Waals surface area contributed by atoms with Gasteiger partial charge in [-0.2, -0.15) is 0 Å².